The first-order valence-corrected chi connectivity index (χ1v) is 4.51. The van der Waals surface area contributed by atoms with Crippen molar-refractivity contribution in [2.45, 2.75) is 6.92 Å². The highest BCUT2D eigenvalue weighted by Crippen LogP contribution is 2.13. The van der Waals surface area contributed by atoms with Crippen LogP contribution in [0.5, 0.6) is 0 Å². The van der Waals surface area contributed by atoms with Crippen LogP contribution in [0.25, 0.3) is 0 Å². The van der Waals surface area contributed by atoms with Gasteiger partial charge < -0.3 is 4.90 Å². The highest BCUT2D eigenvalue weighted by atomic mass is 16.2. The van der Waals surface area contributed by atoms with Crippen LogP contribution in [0.4, 0.5) is 5.69 Å². The van der Waals surface area contributed by atoms with Crippen molar-refractivity contribution in [2.24, 2.45) is 4.99 Å². The van der Waals surface area contributed by atoms with Crippen LogP contribution in [0.2, 0.25) is 0 Å². The van der Waals surface area contributed by atoms with Gasteiger partial charge in [-0.25, -0.2) is 0 Å². The molecule has 4 heteroatoms. The standard InChI is InChI=1S/C10H11N3O/c1-8-2-3-9(6-12-8)13-5-4-11-7-10(13)14/h2-3,6-7H,4-5H2,1H3. The molecule has 14 heavy (non-hydrogen) atoms. The number of hydrogen-bond donors (Lipinski definition) is 0. The molecule has 0 atom stereocenters. The number of amides is 1. The zero-order valence-corrected chi connectivity index (χ0v) is 7.97. The van der Waals surface area contributed by atoms with E-state index in [0.29, 0.717) is 13.1 Å². The summed E-state index contributed by atoms with van der Waals surface area (Å²) in [7, 11) is 0. The zero-order valence-electron chi connectivity index (χ0n) is 7.97. The summed E-state index contributed by atoms with van der Waals surface area (Å²) >= 11 is 0. The molecule has 72 valence electrons. The summed E-state index contributed by atoms with van der Waals surface area (Å²) in [5, 5.41) is 0. The average molecular weight is 189 g/mol. The van der Waals surface area contributed by atoms with Crippen LogP contribution in [0.1, 0.15) is 5.69 Å². The number of aryl methyl sites for hydroxylation is 1. The van der Waals surface area contributed by atoms with Gasteiger partial charge in [0, 0.05) is 12.2 Å². The van der Waals surface area contributed by atoms with E-state index in [4.69, 9.17) is 0 Å². The molecule has 0 spiro atoms. The topological polar surface area (TPSA) is 45.6 Å². The summed E-state index contributed by atoms with van der Waals surface area (Å²) in [6.07, 6.45) is 3.08. The van der Waals surface area contributed by atoms with Gasteiger partial charge in [0.25, 0.3) is 5.91 Å². The van der Waals surface area contributed by atoms with Crippen molar-refractivity contribution >= 4 is 17.8 Å². The lowest BCUT2D eigenvalue weighted by Crippen LogP contribution is -2.37. The smallest absolute Gasteiger partial charge is 0.269 e. The van der Waals surface area contributed by atoms with E-state index < -0.39 is 0 Å². The largest absolute Gasteiger partial charge is 0.304 e. The molecule has 0 radical (unpaired) electrons. The molecular formula is C10H11N3O. The molecule has 0 bridgehead atoms. The van der Waals surface area contributed by atoms with E-state index in [-0.39, 0.29) is 5.91 Å². The summed E-state index contributed by atoms with van der Waals surface area (Å²) in [5.41, 5.74) is 1.79. The van der Waals surface area contributed by atoms with Crippen molar-refractivity contribution in [3.63, 3.8) is 0 Å². The molecular weight excluding hydrogens is 178 g/mol. The van der Waals surface area contributed by atoms with Gasteiger partial charge in [-0.3, -0.25) is 14.8 Å². The predicted molar refractivity (Wildman–Crippen MR) is 54.7 cm³/mol. The molecule has 1 aliphatic rings. The quantitative estimate of drug-likeness (QED) is 0.656. The van der Waals surface area contributed by atoms with Crippen molar-refractivity contribution < 1.29 is 4.79 Å². The SMILES string of the molecule is Cc1ccc(N2CCN=CC2=O)cn1. The second-order valence-corrected chi connectivity index (χ2v) is 3.18. The lowest BCUT2D eigenvalue weighted by atomic mass is 10.3. The van der Waals surface area contributed by atoms with Gasteiger partial charge in [0.2, 0.25) is 0 Å². The molecule has 2 rings (SSSR count). The number of hydrogen-bond acceptors (Lipinski definition) is 3. The van der Waals surface area contributed by atoms with Crippen LogP contribution in [0, 0.1) is 6.92 Å². The van der Waals surface area contributed by atoms with Crippen LogP contribution in [0.15, 0.2) is 23.3 Å². The van der Waals surface area contributed by atoms with Crippen LogP contribution < -0.4 is 4.90 Å². The number of pyridine rings is 1. The third-order valence-corrected chi connectivity index (χ3v) is 2.13. The van der Waals surface area contributed by atoms with Gasteiger partial charge in [-0.2, -0.15) is 0 Å². The molecule has 0 fully saturated rings. The van der Waals surface area contributed by atoms with E-state index in [1.165, 1.54) is 6.21 Å². The number of aliphatic imine (C=N–C) groups is 1. The third kappa shape index (κ3) is 1.64. The van der Waals surface area contributed by atoms with Crippen LogP contribution in [-0.2, 0) is 4.79 Å². The zero-order chi connectivity index (χ0) is 9.97. The van der Waals surface area contributed by atoms with E-state index in [2.05, 4.69) is 9.98 Å². The fourth-order valence-electron chi connectivity index (χ4n) is 1.36. The number of anilines is 1. The minimum Gasteiger partial charge on any atom is -0.304 e. The van der Waals surface area contributed by atoms with Crippen molar-refractivity contribution in [2.75, 3.05) is 18.0 Å². The van der Waals surface area contributed by atoms with Gasteiger partial charge in [-0.05, 0) is 19.1 Å². The first kappa shape index (κ1) is 8.87. The molecule has 2 heterocycles. The van der Waals surface area contributed by atoms with Crippen molar-refractivity contribution in [3.8, 4) is 0 Å². The van der Waals surface area contributed by atoms with E-state index >= 15 is 0 Å². The Balaban J connectivity index is 2.26. The van der Waals surface area contributed by atoms with Crippen molar-refractivity contribution in [1.29, 1.82) is 0 Å². The van der Waals surface area contributed by atoms with Gasteiger partial charge in [0.1, 0.15) is 0 Å². The van der Waals surface area contributed by atoms with E-state index in [1.807, 2.05) is 19.1 Å². The molecule has 1 amide bonds. The summed E-state index contributed by atoms with van der Waals surface area (Å²) in [4.78, 5) is 21.2. The van der Waals surface area contributed by atoms with E-state index in [9.17, 15) is 4.79 Å². The van der Waals surface area contributed by atoms with Gasteiger partial charge in [0.05, 0.1) is 24.6 Å². The lowest BCUT2D eigenvalue weighted by molar-refractivity contribution is -0.112. The minimum absolute atomic E-state index is 0.0677. The number of carbonyl (C=O) groups is 1. The van der Waals surface area contributed by atoms with E-state index in [1.54, 1.807) is 11.1 Å². The number of rotatable bonds is 1. The van der Waals surface area contributed by atoms with Crippen LogP contribution >= 0.6 is 0 Å². The van der Waals surface area contributed by atoms with Gasteiger partial charge in [-0.15, -0.1) is 0 Å². The molecule has 0 N–H and O–H groups in total. The average Bonchev–Trinajstić information content (AvgIpc) is 2.20. The molecule has 4 nitrogen and oxygen atoms in total. The fraction of sp³-hybridized carbons (Fsp3) is 0.300. The van der Waals surface area contributed by atoms with Gasteiger partial charge in [-0.1, -0.05) is 0 Å². The maximum atomic E-state index is 11.4. The molecule has 0 saturated heterocycles. The monoisotopic (exact) mass is 189 g/mol. The number of carbonyl (C=O) groups excluding carboxylic acids is 1. The molecule has 0 saturated carbocycles. The predicted octanol–water partition coefficient (Wildman–Crippen LogP) is 0.807. The van der Waals surface area contributed by atoms with Crippen molar-refractivity contribution in [1.82, 2.24) is 4.98 Å². The number of nitrogens with zero attached hydrogens (tertiary/aromatic N) is 3. The Morgan fingerprint density at radius 1 is 1.43 bits per heavy atom. The Morgan fingerprint density at radius 2 is 2.29 bits per heavy atom. The summed E-state index contributed by atoms with van der Waals surface area (Å²) in [6, 6.07) is 3.80. The molecule has 0 aromatic carbocycles. The summed E-state index contributed by atoms with van der Waals surface area (Å²) in [5.74, 6) is -0.0677. The van der Waals surface area contributed by atoms with Gasteiger partial charge in [0.15, 0.2) is 0 Å². The van der Waals surface area contributed by atoms with Crippen LogP contribution in [0.3, 0.4) is 0 Å². The van der Waals surface area contributed by atoms with E-state index in [0.717, 1.165) is 11.4 Å². The van der Waals surface area contributed by atoms with Gasteiger partial charge >= 0.3 is 0 Å². The first-order valence-electron chi connectivity index (χ1n) is 4.51. The Morgan fingerprint density at radius 3 is 2.93 bits per heavy atom. The Kier molecular flexibility index (Phi) is 2.26. The number of aromatic nitrogens is 1. The summed E-state index contributed by atoms with van der Waals surface area (Å²) < 4.78 is 0. The highest BCUT2D eigenvalue weighted by molar-refractivity contribution is 6.33. The Bertz CT molecular complexity index is 369. The Hall–Kier alpha value is -1.71. The normalized spacial score (nSPS) is 16.1. The second kappa shape index (κ2) is 3.57. The molecule has 1 aliphatic heterocycles. The maximum absolute atomic E-state index is 11.4. The first-order chi connectivity index (χ1) is 6.77. The van der Waals surface area contributed by atoms with Crippen LogP contribution in [-0.4, -0.2) is 30.2 Å². The molecule has 1 aromatic rings. The molecule has 0 unspecified atom stereocenters. The molecule has 1 aromatic heterocycles. The highest BCUT2D eigenvalue weighted by Gasteiger charge is 2.16. The fourth-order valence-corrected chi connectivity index (χ4v) is 1.36. The third-order valence-electron chi connectivity index (χ3n) is 2.13. The van der Waals surface area contributed by atoms with Crippen molar-refractivity contribution in [3.05, 3.63) is 24.0 Å². The molecule has 0 aliphatic carbocycles. The Labute approximate surface area is 82.3 Å². The second-order valence-electron chi connectivity index (χ2n) is 3.18. The summed E-state index contributed by atoms with van der Waals surface area (Å²) in [6.45, 7) is 3.23. The maximum Gasteiger partial charge on any atom is 0.269 e. The minimum atomic E-state index is -0.0677. The lowest BCUT2D eigenvalue weighted by Gasteiger charge is -2.22.